The molecule has 1 aromatic carbocycles. The van der Waals surface area contributed by atoms with Crippen LogP contribution in [0.15, 0.2) is 30.3 Å². The second-order valence-corrected chi connectivity index (χ2v) is 8.16. The van der Waals surface area contributed by atoms with Crippen LogP contribution in [0, 0.1) is 18.7 Å². The van der Waals surface area contributed by atoms with E-state index in [0.717, 1.165) is 18.4 Å². The third kappa shape index (κ3) is 4.36. The molecule has 7 heteroatoms. The van der Waals surface area contributed by atoms with Crippen LogP contribution in [0.1, 0.15) is 45.4 Å². The largest absolute Gasteiger partial charge is 0.334 e. The summed E-state index contributed by atoms with van der Waals surface area (Å²) in [6.07, 6.45) is 1.88. The molecule has 144 valence electrons. The fourth-order valence-electron chi connectivity index (χ4n) is 3.44. The van der Waals surface area contributed by atoms with Crippen molar-refractivity contribution in [2.75, 3.05) is 18.4 Å². The summed E-state index contributed by atoms with van der Waals surface area (Å²) in [5.41, 5.74) is 6.93. The van der Waals surface area contributed by atoms with Gasteiger partial charge in [-0.2, -0.15) is 0 Å². The van der Waals surface area contributed by atoms with Crippen molar-refractivity contribution in [2.45, 2.75) is 32.7 Å². The lowest BCUT2D eigenvalue weighted by Crippen LogP contribution is -2.49. The van der Waals surface area contributed by atoms with Gasteiger partial charge in [-0.3, -0.25) is 9.59 Å². The van der Waals surface area contributed by atoms with Crippen LogP contribution >= 0.6 is 11.3 Å². The Morgan fingerprint density at radius 1 is 1.37 bits per heavy atom. The second kappa shape index (κ2) is 8.19. The molecule has 1 fully saturated rings. The fraction of sp³-hybridized carbons (Fsp3) is 0.400. The molecule has 0 aliphatic carbocycles. The first-order valence-corrected chi connectivity index (χ1v) is 9.89. The van der Waals surface area contributed by atoms with Crippen molar-refractivity contribution >= 4 is 28.2 Å². The molecule has 1 aromatic heterocycles. The van der Waals surface area contributed by atoms with Gasteiger partial charge in [0.25, 0.3) is 11.8 Å². The van der Waals surface area contributed by atoms with E-state index in [-0.39, 0.29) is 17.5 Å². The average Bonchev–Trinajstić information content (AvgIpc) is 3.01. The van der Waals surface area contributed by atoms with E-state index in [4.69, 9.17) is 5.73 Å². The predicted molar refractivity (Wildman–Crippen MR) is 106 cm³/mol. The first-order chi connectivity index (χ1) is 12.9. The Kier molecular flexibility index (Phi) is 5.92. The lowest BCUT2D eigenvalue weighted by molar-refractivity contribution is 0.0578. The molecule has 0 radical (unpaired) electrons. The minimum atomic E-state index is -0.465. The van der Waals surface area contributed by atoms with Crippen LogP contribution in [0.2, 0.25) is 0 Å². The Morgan fingerprint density at radius 3 is 2.85 bits per heavy atom. The van der Waals surface area contributed by atoms with Gasteiger partial charge in [-0.1, -0.05) is 13.0 Å². The number of nitrogens with two attached hydrogens (primary N) is 1. The Bertz CT molecular complexity index is 852. The number of aryl methyl sites for hydroxylation is 1. The molecule has 1 saturated heterocycles. The van der Waals surface area contributed by atoms with Crippen molar-refractivity contribution in [2.24, 2.45) is 11.7 Å². The van der Waals surface area contributed by atoms with E-state index >= 15 is 0 Å². The quantitative estimate of drug-likeness (QED) is 0.838. The van der Waals surface area contributed by atoms with Crippen molar-refractivity contribution in [3.63, 3.8) is 0 Å². The molecule has 27 heavy (non-hydrogen) atoms. The molecule has 3 rings (SSSR count). The molecule has 2 aromatic rings. The Balaban J connectivity index is 1.76. The third-order valence-corrected chi connectivity index (χ3v) is 6.09. The number of carbonyl (C=O) groups excluding carboxylic acids is 2. The molecule has 2 amide bonds. The lowest BCUT2D eigenvalue weighted by Gasteiger charge is -2.37. The van der Waals surface area contributed by atoms with Crippen LogP contribution in [-0.2, 0) is 0 Å². The molecule has 3 N–H and O–H groups in total. The van der Waals surface area contributed by atoms with Crippen LogP contribution in [0.25, 0.3) is 0 Å². The van der Waals surface area contributed by atoms with Gasteiger partial charge in [0.15, 0.2) is 0 Å². The summed E-state index contributed by atoms with van der Waals surface area (Å²) in [6.45, 7) is 5.18. The van der Waals surface area contributed by atoms with Gasteiger partial charge in [0.1, 0.15) is 5.82 Å². The fourth-order valence-corrected chi connectivity index (χ4v) is 4.47. The molecule has 0 bridgehead atoms. The average molecular weight is 389 g/mol. The van der Waals surface area contributed by atoms with Crippen molar-refractivity contribution in [1.82, 2.24) is 4.90 Å². The number of anilines is 1. The van der Waals surface area contributed by atoms with Crippen molar-refractivity contribution in [3.8, 4) is 0 Å². The normalized spacial score (nSPS) is 19.8. The zero-order valence-corrected chi connectivity index (χ0v) is 16.3. The SMILES string of the molecule is Cc1cc(NC(=O)c2cccc(F)c2)sc1C(=O)N1CCC(C)CC1CN. The topological polar surface area (TPSA) is 75.4 Å². The van der Waals surface area contributed by atoms with Gasteiger partial charge in [0, 0.05) is 24.7 Å². The van der Waals surface area contributed by atoms with Crippen LogP contribution < -0.4 is 11.1 Å². The van der Waals surface area contributed by atoms with E-state index in [9.17, 15) is 14.0 Å². The zero-order valence-electron chi connectivity index (χ0n) is 15.5. The summed E-state index contributed by atoms with van der Waals surface area (Å²) in [7, 11) is 0. The highest BCUT2D eigenvalue weighted by molar-refractivity contribution is 7.18. The Labute approximate surface area is 162 Å². The van der Waals surface area contributed by atoms with Gasteiger partial charge in [-0.25, -0.2) is 4.39 Å². The molecule has 1 aliphatic heterocycles. The van der Waals surface area contributed by atoms with Crippen molar-refractivity contribution < 1.29 is 14.0 Å². The van der Waals surface area contributed by atoms with Gasteiger partial charge in [0.2, 0.25) is 0 Å². The number of rotatable bonds is 4. The lowest BCUT2D eigenvalue weighted by atomic mass is 9.92. The van der Waals surface area contributed by atoms with Crippen LogP contribution in [0.4, 0.5) is 9.39 Å². The number of halogens is 1. The molecule has 0 spiro atoms. The highest BCUT2D eigenvalue weighted by Gasteiger charge is 2.31. The van der Waals surface area contributed by atoms with Crippen LogP contribution in [0.5, 0.6) is 0 Å². The molecule has 2 atom stereocenters. The van der Waals surface area contributed by atoms with Gasteiger partial charge in [-0.05, 0) is 55.5 Å². The van der Waals surface area contributed by atoms with E-state index in [0.29, 0.717) is 28.9 Å². The van der Waals surface area contributed by atoms with E-state index < -0.39 is 11.7 Å². The predicted octanol–water partition coefficient (Wildman–Crippen LogP) is 3.65. The van der Waals surface area contributed by atoms with Crippen LogP contribution in [0.3, 0.4) is 0 Å². The van der Waals surface area contributed by atoms with Gasteiger partial charge < -0.3 is 16.0 Å². The maximum atomic E-state index is 13.3. The minimum absolute atomic E-state index is 0.0360. The monoisotopic (exact) mass is 389 g/mol. The second-order valence-electron chi connectivity index (χ2n) is 7.10. The number of nitrogens with zero attached hydrogens (tertiary/aromatic N) is 1. The van der Waals surface area contributed by atoms with Crippen molar-refractivity contribution in [1.29, 1.82) is 0 Å². The molecule has 0 saturated carbocycles. The maximum absolute atomic E-state index is 13.3. The van der Waals surface area contributed by atoms with E-state index in [1.165, 1.54) is 29.5 Å². The number of amides is 2. The van der Waals surface area contributed by atoms with E-state index in [1.807, 2.05) is 11.8 Å². The van der Waals surface area contributed by atoms with Gasteiger partial charge >= 0.3 is 0 Å². The molecule has 2 heterocycles. The first kappa shape index (κ1) is 19.5. The molecule has 1 aliphatic rings. The smallest absolute Gasteiger partial charge is 0.264 e. The molecular formula is C20H24FN3O2S. The summed E-state index contributed by atoms with van der Waals surface area (Å²) in [4.78, 5) is 27.8. The Hall–Kier alpha value is -2.25. The maximum Gasteiger partial charge on any atom is 0.264 e. The highest BCUT2D eigenvalue weighted by Crippen LogP contribution is 2.31. The number of hydrogen-bond donors (Lipinski definition) is 2. The highest BCUT2D eigenvalue weighted by atomic mass is 32.1. The zero-order chi connectivity index (χ0) is 19.6. The van der Waals surface area contributed by atoms with Crippen molar-refractivity contribution in [3.05, 3.63) is 52.2 Å². The van der Waals surface area contributed by atoms with E-state index in [2.05, 4.69) is 12.2 Å². The van der Waals surface area contributed by atoms with E-state index in [1.54, 1.807) is 12.1 Å². The summed E-state index contributed by atoms with van der Waals surface area (Å²) in [6, 6.07) is 7.33. The van der Waals surface area contributed by atoms with Crippen LogP contribution in [-0.4, -0.2) is 35.8 Å². The number of thiophene rings is 1. The molecule has 2 unspecified atom stereocenters. The molecular weight excluding hydrogens is 365 g/mol. The number of hydrogen-bond acceptors (Lipinski definition) is 4. The first-order valence-electron chi connectivity index (χ1n) is 9.07. The summed E-state index contributed by atoms with van der Waals surface area (Å²) < 4.78 is 13.3. The van der Waals surface area contributed by atoms with Gasteiger partial charge in [-0.15, -0.1) is 11.3 Å². The summed E-state index contributed by atoms with van der Waals surface area (Å²) in [5, 5.41) is 3.32. The number of benzene rings is 1. The summed E-state index contributed by atoms with van der Waals surface area (Å²) >= 11 is 1.24. The minimum Gasteiger partial charge on any atom is -0.334 e. The number of carbonyl (C=O) groups is 2. The molecule has 5 nitrogen and oxygen atoms in total. The third-order valence-electron chi connectivity index (χ3n) is 4.95. The standard InChI is InChI=1S/C20H24FN3O2S/c1-12-6-7-24(16(8-12)11-22)20(26)18-13(2)9-17(27-18)23-19(25)14-4-3-5-15(21)10-14/h3-5,9-10,12,16H,6-8,11,22H2,1-2H3,(H,23,25). The number of likely N-dealkylation sites (tertiary alicyclic amines) is 1. The summed E-state index contributed by atoms with van der Waals surface area (Å²) in [5.74, 6) is -0.339. The number of nitrogens with one attached hydrogen (secondary N) is 1. The number of piperidine rings is 1. The van der Waals surface area contributed by atoms with Gasteiger partial charge in [0.05, 0.1) is 9.88 Å². The Morgan fingerprint density at radius 2 is 2.15 bits per heavy atom.